The number of hydrogen-bond acceptors (Lipinski definition) is 5. The van der Waals surface area contributed by atoms with Gasteiger partial charge in [-0.3, -0.25) is 9.71 Å². The molecule has 130 valence electrons. The Hall–Kier alpha value is -2.38. The number of carbonyl (C=O) groups is 1. The molecule has 8 heteroatoms. The van der Waals surface area contributed by atoms with Crippen molar-refractivity contribution in [1.29, 1.82) is 0 Å². The van der Waals surface area contributed by atoms with E-state index < -0.39 is 22.0 Å². The van der Waals surface area contributed by atoms with Crippen LogP contribution < -0.4 is 9.46 Å². The average molecular weight is 379 g/mol. The number of carbonyl (C=O) groups excluding carboxylic acids is 1. The van der Waals surface area contributed by atoms with Crippen molar-refractivity contribution in [2.45, 2.75) is 24.8 Å². The standard InChI is InChI=1S/C17H15ClN2O4S/c1-10-9-12(18)7-8-14(10)24-17(21)11(2)19-16-13-5-3-4-6-15(13)25(22,23)20-16/h3-9,11H,1-2H3,(H,19,20)/t11-/m0/s1. The van der Waals surface area contributed by atoms with Crippen molar-refractivity contribution >= 4 is 33.4 Å². The zero-order valence-corrected chi connectivity index (χ0v) is 15.1. The molecule has 2 aromatic carbocycles. The van der Waals surface area contributed by atoms with E-state index in [1.807, 2.05) is 0 Å². The Balaban J connectivity index is 1.83. The SMILES string of the molecule is Cc1cc(Cl)ccc1OC(=O)[C@H](C)N=C1NS(=O)(=O)c2ccccc21. The number of aliphatic imine (C=N–C) groups is 1. The van der Waals surface area contributed by atoms with Crippen LogP contribution in [-0.4, -0.2) is 26.3 Å². The number of halogens is 1. The van der Waals surface area contributed by atoms with Crippen molar-refractivity contribution in [3.8, 4) is 5.75 Å². The molecular weight excluding hydrogens is 364 g/mol. The van der Waals surface area contributed by atoms with Crippen LogP contribution in [0.4, 0.5) is 0 Å². The predicted molar refractivity (Wildman–Crippen MR) is 94.6 cm³/mol. The lowest BCUT2D eigenvalue weighted by Gasteiger charge is -2.11. The van der Waals surface area contributed by atoms with Gasteiger partial charge in [-0.05, 0) is 49.7 Å². The highest BCUT2D eigenvalue weighted by molar-refractivity contribution is 7.90. The van der Waals surface area contributed by atoms with Gasteiger partial charge in [-0.15, -0.1) is 0 Å². The summed E-state index contributed by atoms with van der Waals surface area (Å²) in [6.45, 7) is 3.31. The van der Waals surface area contributed by atoms with E-state index in [2.05, 4.69) is 9.71 Å². The van der Waals surface area contributed by atoms with Gasteiger partial charge < -0.3 is 4.74 Å². The largest absolute Gasteiger partial charge is 0.425 e. The minimum Gasteiger partial charge on any atom is -0.425 e. The van der Waals surface area contributed by atoms with Gasteiger partial charge in [-0.1, -0.05) is 23.7 Å². The quantitative estimate of drug-likeness (QED) is 0.657. The molecule has 0 spiro atoms. The van der Waals surface area contributed by atoms with E-state index in [1.54, 1.807) is 43.3 Å². The first-order valence-electron chi connectivity index (χ1n) is 7.46. The average Bonchev–Trinajstić information content (AvgIpc) is 2.81. The molecule has 0 aromatic heterocycles. The highest BCUT2D eigenvalue weighted by Crippen LogP contribution is 2.24. The lowest BCUT2D eigenvalue weighted by molar-refractivity contribution is -0.135. The number of nitrogens with zero attached hydrogens (tertiary/aromatic N) is 1. The summed E-state index contributed by atoms with van der Waals surface area (Å²) in [5, 5.41) is 0.544. The Labute approximate surface area is 150 Å². The number of ether oxygens (including phenoxy) is 1. The van der Waals surface area contributed by atoms with Crippen LogP contribution in [0.5, 0.6) is 5.75 Å². The summed E-state index contributed by atoms with van der Waals surface area (Å²) in [5.41, 5.74) is 1.15. The summed E-state index contributed by atoms with van der Waals surface area (Å²) in [4.78, 5) is 16.6. The normalized spacial score (nSPS) is 17.6. The number of sulfonamides is 1. The van der Waals surface area contributed by atoms with Gasteiger partial charge in [0.05, 0.1) is 4.90 Å². The summed E-state index contributed by atoms with van der Waals surface area (Å²) in [5.74, 6) is -0.0803. The monoisotopic (exact) mass is 378 g/mol. The molecule has 0 fully saturated rings. The Morgan fingerprint density at radius 2 is 1.96 bits per heavy atom. The van der Waals surface area contributed by atoms with Crippen molar-refractivity contribution in [3.63, 3.8) is 0 Å². The fraction of sp³-hybridized carbons (Fsp3) is 0.176. The zero-order valence-electron chi connectivity index (χ0n) is 13.5. The molecule has 1 N–H and O–H groups in total. The summed E-state index contributed by atoms with van der Waals surface area (Å²) in [6, 6.07) is 10.5. The summed E-state index contributed by atoms with van der Waals surface area (Å²) < 4.78 is 31.8. The highest BCUT2D eigenvalue weighted by Gasteiger charge is 2.31. The molecule has 1 aliphatic rings. The molecule has 2 aromatic rings. The van der Waals surface area contributed by atoms with E-state index >= 15 is 0 Å². The van der Waals surface area contributed by atoms with E-state index in [4.69, 9.17) is 16.3 Å². The zero-order chi connectivity index (χ0) is 18.2. The number of hydrogen-bond donors (Lipinski definition) is 1. The maximum absolute atomic E-state index is 12.3. The van der Waals surface area contributed by atoms with Gasteiger partial charge in [0.25, 0.3) is 10.0 Å². The van der Waals surface area contributed by atoms with Crippen molar-refractivity contribution in [2.75, 3.05) is 0 Å². The molecular formula is C17H15ClN2O4S. The van der Waals surface area contributed by atoms with E-state index in [-0.39, 0.29) is 10.7 Å². The predicted octanol–water partition coefficient (Wildman–Crippen LogP) is 2.68. The second-order valence-corrected chi connectivity index (χ2v) is 7.67. The number of fused-ring (bicyclic) bond motifs is 1. The Bertz CT molecular complexity index is 986. The molecule has 3 rings (SSSR count). The smallest absolute Gasteiger partial charge is 0.336 e. The molecule has 0 radical (unpaired) electrons. The van der Waals surface area contributed by atoms with Crippen LogP contribution >= 0.6 is 11.6 Å². The lowest BCUT2D eigenvalue weighted by atomic mass is 10.2. The van der Waals surface area contributed by atoms with Gasteiger partial charge >= 0.3 is 5.97 Å². The molecule has 6 nitrogen and oxygen atoms in total. The van der Waals surface area contributed by atoms with Crippen LogP contribution in [0.3, 0.4) is 0 Å². The van der Waals surface area contributed by atoms with E-state index in [1.165, 1.54) is 13.0 Å². The van der Waals surface area contributed by atoms with Crippen LogP contribution in [0.25, 0.3) is 0 Å². The number of amidine groups is 1. The van der Waals surface area contributed by atoms with Crippen LogP contribution in [0.1, 0.15) is 18.1 Å². The number of nitrogens with one attached hydrogen (secondary N) is 1. The van der Waals surface area contributed by atoms with Crippen molar-refractivity contribution in [1.82, 2.24) is 4.72 Å². The number of aryl methyl sites for hydroxylation is 1. The van der Waals surface area contributed by atoms with Gasteiger partial charge in [-0.2, -0.15) is 0 Å². The summed E-state index contributed by atoms with van der Waals surface area (Å²) >= 11 is 5.88. The Kier molecular flexibility index (Phi) is 4.53. The van der Waals surface area contributed by atoms with E-state index in [0.717, 1.165) is 0 Å². The molecule has 1 atom stereocenters. The highest BCUT2D eigenvalue weighted by atomic mass is 35.5. The van der Waals surface area contributed by atoms with Gasteiger partial charge in [0.1, 0.15) is 17.6 Å². The molecule has 0 saturated carbocycles. The fourth-order valence-electron chi connectivity index (χ4n) is 2.40. The van der Waals surface area contributed by atoms with Crippen LogP contribution in [-0.2, 0) is 14.8 Å². The first-order valence-corrected chi connectivity index (χ1v) is 9.32. The van der Waals surface area contributed by atoms with Crippen LogP contribution in [0, 0.1) is 6.92 Å². The molecule has 1 heterocycles. The van der Waals surface area contributed by atoms with Crippen molar-refractivity contribution in [2.24, 2.45) is 4.99 Å². The van der Waals surface area contributed by atoms with Gasteiger partial charge in [0.15, 0.2) is 0 Å². The molecule has 1 aliphatic heterocycles. The lowest BCUT2D eigenvalue weighted by Crippen LogP contribution is -2.28. The maximum Gasteiger partial charge on any atom is 0.336 e. The maximum atomic E-state index is 12.3. The third kappa shape index (κ3) is 3.52. The van der Waals surface area contributed by atoms with Gasteiger partial charge in [0, 0.05) is 10.6 Å². The number of esters is 1. The minimum atomic E-state index is -3.64. The van der Waals surface area contributed by atoms with Gasteiger partial charge in [-0.25, -0.2) is 13.2 Å². The third-order valence-corrected chi connectivity index (χ3v) is 5.31. The van der Waals surface area contributed by atoms with E-state index in [0.29, 0.717) is 21.9 Å². The second-order valence-electron chi connectivity index (χ2n) is 5.59. The second kappa shape index (κ2) is 6.50. The van der Waals surface area contributed by atoms with E-state index in [9.17, 15) is 13.2 Å². The molecule has 25 heavy (non-hydrogen) atoms. The van der Waals surface area contributed by atoms with Crippen LogP contribution in [0.2, 0.25) is 5.02 Å². The Morgan fingerprint density at radius 3 is 2.68 bits per heavy atom. The number of benzene rings is 2. The topological polar surface area (TPSA) is 84.8 Å². The number of rotatable bonds is 3. The van der Waals surface area contributed by atoms with Crippen molar-refractivity contribution in [3.05, 3.63) is 58.6 Å². The first-order chi connectivity index (χ1) is 11.8. The molecule has 0 aliphatic carbocycles. The first kappa shape index (κ1) is 17.4. The third-order valence-electron chi connectivity index (χ3n) is 3.67. The fourth-order valence-corrected chi connectivity index (χ4v) is 3.86. The molecule has 0 saturated heterocycles. The molecule has 0 bridgehead atoms. The Morgan fingerprint density at radius 1 is 1.24 bits per heavy atom. The summed E-state index contributed by atoms with van der Waals surface area (Å²) in [7, 11) is -3.64. The minimum absolute atomic E-state index is 0.132. The van der Waals surface area contributed by atoms with Gasteiger partial charge in [0.2, 0.25) is 0 Å². The van der Waals surface area contributed by atoms with Crippen LogP contribution in [0.15, 0.2) is 52.4 Å². The molecule has 0 amide bonds. The molecule has 0 unspecified atom stereocenters. The van der Waals surface area contributed by atoms with Crippen molar-refractivity contribution < 1.29 is 17.9 Å². The summed E-state index contributed by atoms with van der Waals surface area (Å²) in [6.07, 6.45) is 0.